The van der Waals surface area contributed by atoms with Gasteiger partial charge < -0.3 is 16.0 Å². The molecule has 2 rings (SSSR count). The largest absolute Gasteiger partial charge is 0.370 e. The molecule has 0 aliphatic carbocycles. The maximum Gasteiger partial charge on any atom is 0.227 e. The number of amides is 1. The zero-order chi connectivity index (χ0) is 14.0. The monoisotopic (exact) mass is 281 g/mol. The molecule has 1 unspecified atom stereocenters. The summed E-state index contributed by atoms with van der Waals surface area (Å²) in [4.78, 5) is 14.1. The number of carbonyl (C=O) groups excluding carboxylic acids is 1. The zero-order valence-electron chi connectivity index (χ0n) is 11.4. The van der Waals surface area contributed by atoms with Crippen LogP contribution >= 0.6 is 11.6 Å². The molecule has 1 aromatic rings. The van der Waals surface area contributed by atoms with Gasteiger partial charge in [-0.1, -0.05) is 17.7 Å². The minimum Gasteiger partial charge on any atom is -0.370 e. The van der Waals surface area contributed by atoms with Gasteiger partial charge in [-0.25, -0.2) is 0 Å². The lowest BCUT2D eigenvalue weighted by Crippen LogP contribution is -2.39. The first kappa shape index (κ1) is 14.2. The van der Waals surface area contributed by atoms with Crippen molar-refractivity contribution in [1.29, 1.82) is 0 Å². The maximum absolute atomic E-state index is 11.9. The van der Waals surface area contributed by atoms with E-state index >= 15 is 0 Å². The van der Waals surface area contributed by atoms with Crippen molar-refractivity contribution >= 4 is 23.2 Å². The molecule has 104 valence electrons. The van der Waals surface area contributed by atoms with Crippen LogP contribution in [0.2, 0.25) is 5.02 Å². The molecular formula is C14H20ClN3O. The van der Waals surface area contributed by atoms with Gasteiger partial charge in [0.2, 0.25) is 5.91 Å². The summed E-state index contributed by atoms with van der Waals surface area (Å²) in [6, 6.07) is 5.79. The Balaban J connectivity index is 2.27. The number of nitrogens with zero attached hydrogens (tertiary/aromatic N) is 1. The molecule has 3 N–H and O–H groups in total. The molecule has 0 bridgehead atoms. The van der Waals surface area contributed by atoms with E-state index < -0.39 is 0 Å². The number of benzene rings is 1. The number of anilines is 1. The second-order valence-electron chi connectivity index (χ2n) is 5.25. The first-order valence-corrected chi connectivity index (χ1v) is 6.84. The van der Waals surface area contributed by atoms with Crippen LogP contribution in [0.3, 0.4) is 0 Å². The van der Waals surface area contributed by atoms with Crippen molar-refractivity contribution < 1.29 is 4.79 Å². The summed E-state index contributed by atoms with van der Waals surface area (Å²) in [5.74, 6) is 0.0892. The van der Waals surface area contributed by atoms with Gasteiger partial charge >= 0.3 is 0 Å². The molecule has 5 heteroatoms. The van der Waals surface area contributed by atoms with Gasteiger partial charge in [0.25, 0.3) is 0 Å². The molecule has 1 aromatic carbocycles. The molecule has 4 nitrogen and oxygen atoms in total. The number of hydrogen-bond donors (Lipinski definition) is 2. The third-order valence-corrected chi connectivity index (χ3v) is 4.24. The van der Waals surface area contributed by atoms with Crippen LogP contribution in [0.5, 0.6) is 0 Å². The summed E-state index contributed by atoms with van der Waals surface area (Å²) < 4.78 is 0. The average molecular weight is 282 g/mol. The second-order valence-corrected chi connectivity index (χ2v) is 5.66. The van der Waals surface area contributed by atoms with Crippen molar-refractivity contribution in [3.63, 3.8) is 0 Å². The van der Waals surface area contributed by atoms with Crippen molar-refractivity contribution in [2.45, 2.75) is 19.9 Å². The van der Waals surface area contributed by atoms with Crippen LogP contribution in [-0.2, 0) is 11.3 Å². The van der Waals surface area contributed by atoms with E-state index in [2.05, 4.69) is 10.2 Å². The third-order valence-electron chi connectivity index (χ3n) is 3.89. The number of halogens is 1. The van der Waals surface area contributed by atoms with E-state index in [1.54, 1.807) is 7.05 Å². The minimum atomic E-state index is -0.344. The molecule has 1 amide bonds. The Bertz CT molecular complexity index is 492. The molecule has 1 aliphatic heterocycles. The fourth-order valence-electron chi connectivity index (χ4n) is 2.70. The Morgan fingerprint density at radius 1 is 1.58 bits per heavy atom. The summed E-state index contributed by atoms with van der Waals surface area (Å²) in [5, 5.41) is 3.43. The van der Waals surface area contributed by atoms with Crippen molar-refractivity contribution in [2.24, 2.45) is 11.1 Å². The minimum absolute atomic E-state index is 0.0892. The van der Waals surface area contributed by atoms with Gasteiger partial charge in [0, 0.05) is 43.0 Å². The first-order chi connectivity index (χ1) is 9.01. The van der Waals surface area contributed by atoms with Gasteiger partial charge in [0.05, 0.1) is 5.41 Å². The SMILES string of the molecule is CNC(=O)C1(C)CCN(c2cccc(Cl)c2CN)C1. The van der Waals surface area contributed by atoms with Crippen LogP contribution in [0.1, 0.15) is 18.9 Å². The second kappa shape index (κ2) is 5.39. The number of hydrogen-bond acceptors (Lipinski definition) is 3. The molecule has 0 aromatic heterocycles. The summed E-state index contributed by atoms with van der Waals surface area (Å²) in [7, 11) is 1.68. The molecule has 1 heterocycles. The lowest BCUT2D eigenvalue weighted by molar-refractivity contribution is -0.128. The Morgan fingerprint density at radius 3 is 2.95 bits per heavy atom. The topological polar surface area (TPSA) is 58.4 Å². The van der Waals surface area contributed by atoms with E-state index in [1.165, 1.54) is 0 Å². The molecule has 1 atom stereocenters. The van der Waals surface area contributed by atoms with Gasteiger partial charge in [0.15, 0.2) is 0 Å². The van der Waals surface area contributed by atoms with E-state index in [1.807, 2.05) is 25.1 Å². The highest BCUT2D eigenvalue weighted by Gasteiger charge is 2.40. The normalized spacial score (nSPS) is 22.6. The summed E-state index contributed by atoms with van der Waals surface area (Å²) in [6.45, 7) is 3.94. The van der Waals surface area contributed by atoms with Crippen molar-refractivity contribution in [3.8, 4) is 0 Å². The maximum atomic E-state index is 11.9. The molecule has 0 saturated carbocycles. The van der Waals surface area contributed by atoms with Crippen LogP contribution in [0, 0.1) is 5.41 Å². The highest BCUT2D eigenvalue weighted by molar-refractivity contribution is 6.31. The zero-order valence-corrected chi connectivity index (χ0v) is 12.1. The van der Waals surface area contributed by atoms with Gasteiger partial charge in [0.1, 0.15) is 0 Å². The van der Waals surface area contributed by atoms with Crippen LogP contribution in [0.15, 0.2) is 18.2 Å². The Labute approximate surface area is 118 Å². The Hall–Kier alpha value is -1.26. The highest BCUT2D eigenvalue weighted by Crippen LogP contribution is 2.36. The molecule has 1 fully saturated rings. The van der Waals surface area contributed by atoms with Crippen LogP contribution in [0.4, 0.5) is 5.69 Å². The van der Waals surface area contributed by atoms with Crippen molar-refractivity contribution in [2.75, 3.05) is 25.0 Å². The molecule has 0 radical (unpaired) electrons. The predicted octanol–water partition coefficient (Wildman–Crippen LogP) is 1.76. The number of nitrogens with two attached hydrogens (primary N) is 1. The molecule has 1 aliphatic rings. The van der Waals surface area contributed by atoms with Gasteiger partial charge in [-0.15, -0.1) is 0 Å². The third kappa shape index (κ3) is 2.55. The van der Waals surface area contributed by atoms with E-state index in [0.29, 0.717) is 18.1 Å². The molecule has 1 saturated heterocycles. The molecular weight excluding hydrogens is 262 g/mol. The number of nitrogens with one attached hydrogen (secondary N) is 1. The van der Waals surface area contributed by atoms with Gasteiger partial charge in [-0.05, 0) is 25.5 Å². The lowest BCUT2D eigenvalue weighted by atomic mass is 9.89. The van der Waals surface area contributed by atoms with Crippen LogP contribution < -0.4 is 16.0 Å². The summed E-state index contributed by atoms with van der Waals surface area (Å²) in [6.07, 6.45) is 0.837. The standard InChI is InChI=1S/C14H20ClN3O/c1-14(13(19)17-2)6-7-18(9-14)12-5-3-4-11(15)10(12)8-16/h3-5H,6-9,16H2,1-2H3,(H,17,19). The van der Waals surface area contributed by atoms with E-state index in [-0.39, 0.29) is 11.3 Å². The molecule has 0 spiro atoms. The van der Waals surface area contributed by atoms with E-state index in [0.717, 1.165) is 24.2 Å². The van der Waals surface area contributed by atoms with Crippen LogP contribution in [0.25, 0.3) is 0 Å². The smallest absolute Gasteiger partial charge is 0.227 e. The Morgan fingerprint density at radius 2 is 2.32 bits per heavy atom. The average Bonchev–Trinajstić information content (AvgIpc) is 2.81. The Kier molecular flexibility index (Phi) is 4.02. The molecule has 19 heavy (non-hydrogen) atoms. The number of rotatable bonds is 3. The predicted molar refractivity (Wildman–Crippen MR) is 78.3 cm³/mol. The van der Waals surface area contributed by atoms with E-state index in [9.17, 15) is 4.79 Å². The quantitative estimate of drug-likeness (QED) is 0.888. The van der Waals surface area contributed by atoms with Crippen LogP contribution in [-0.4, -0.2) is 26.0 Å². The fourth-order valence-corrected chi connectivity index (χ4v) is 2.95. The lowest BCUT2D eigenvalue weighted by Gasteiger charge is -2.25. The van der Waals surface area contributed by atoms with Gasteiger partial charge in [-0.3, -0.25) is 4.79 Å². The fraction of sp³-hybridized carbons (Fsp3) is 0.500. The summed E-state index contributed by atoms with van der Waals surface area (Å²) in [5.41, 5.74) is 7.43. The summed E-state index contributed by atoms with van der Waals surface area (Å²) >= 11 is 6.18. The number of carbonyl (C=O) groups is 1. The first-order valence-electron chi connectivity index (χ1n) is 6.46. The highest BCUT2D eigenvalue weighted by atomic mass is 35.5. The van der Waals surface area contributed by atoms with Crippen molar-refractivity contribution in [1.82, 2.24) is 5.32 Å². The van der Waals surface area contributed by atoms with Crippen molar-refractivity contribution in [3.05, 3.63) is 28.8 Å². The van der Waals surface area contributed by atoms with Gasteiger partial charge in [-0.2, -0.15) is 0 Å². The van der Waals surface area contributed by atoms with E-state index in [4.69, 9.17) is 17.3 Å².